The van der Waals surface area contributed by atoms with E-state index < -0.39 is 0 Å². The van der Waals surface area contributed by atoms with Gasteiger partial charge in [0.2, 0.25) is 0 Å². The first-order chi connectivity index (χ1) is 8.11. The van der Waals surface area contributed by atoms with E-state index in [1.807, 2.05) is 14.1 Å². The van der Waals surface area contributed by atoms with Crippen LogP contribution < -0.4 is 10.6 Å². The molecule has 0 bridgehead atoms. The van der Waals surface area contributed by atoms with Gasteiger partial charge in [0, 0.05) is 10.5 Å². The zero-order valence-corrected chi connectivity index (χ0v) is 12.7. The second-order valence-electron chi connectivity index (χ2n) is 4.75. The second-order valence-corrected chi connectivity index (χ2v) is 5.61. The number of hydrogen-bond donors (Lipinski definition) is 2. The van der Waals surface area contributed by atoms with Crippen LogP contribution in [0.2, 0.25) is 0 Å². The number of hydrogen-bond acceptors (Lipinski definition) is 2. The molecule has 0 spiro atoms. The first-order valence-electron chi connectivity index (χ1n) is 6.18. The lowest BCUT2D eigenvalue weighted by atomic mass is 9.84. The Kier molecular flexibility index (Phi) is 6.17. The maximum atomic E-state index is 3.65. The minimum absolute atomic E-state index is 0.373. The SMILES string of the molecule is CNCC(C(C)C)C(NC)c1ccccc1Br. The highest BCUT2D eigenvalue weighted by molar-refractivity contribution is 9.10. The quantitative estimate of drug-likeness (QED) is 0.843. The highest BCUT2D eigenvalue weighted by Gasteiger charge is 2.25. The lowest BCUT2D eigenvalue weighted by Crippen LogP contribution is -2.35. The third kappa shape index (κ3) is 3.80. The summed E-state index contributed by atoms with van der Waals surface area (Å²) < 4.78 is 1.18. The molecule has 2 N–H and O–H groups in total. The largest absolute Gasteiger partial charge is 0.319 e. The van der Waals surface area contributed by atoms with Gasteiger partial charge in [0.05, 0.1) is 0 Å². The van der Waals surface area contributed by atoms with Gasteiger partial charge in [0.25, 0.3) is 0 Å². The molecule has 1 rings (SSSR count). The zero-order valence-electron chi connectivity index (χ0n) is 11.1. The molecule has 0 saturated heterocycles. The molecule has 0 saturated carbocycles. The van der Waals surface area contributed by atoms with Crippen molar-refractivity contribution >= 4 is 15.9 Å². The Morgan fingerprint density at radius 1 is 1.18 bits per heavy atom. The van der Waals surface area contributed by atoms with Crippen LogP contribution in [-0.4, -0.2) is 20.6 Å². The van der Waals surface area contributed by atoms with E-state index in [2.05, 4.69) is 64.7 Å². The molecule has 1 aromatic rings. The predicted octanol–water partition coefficient (Wildman–Crippen LogP) is 3.20. The van der Waals surface area contributed by atoms with E-state index in [0.29, 0.717) is 17.9 Å². The van der Waals surface area contributed by atoms with Gasteiger partial charge in [-0.1, -0.05) is 48.0 Å². The van der Waals surface area contributed by atoms with Crippen LogP contribution >= 0.6 is 15.9 Å². The Morgan fingerprint density at radius 3 is 2.29 bits per heavy atom. The topological polar surface area (TPSA) is 24.1 Å². The molecule has 0 aliphatic heterocycles. The predicted molar refractivity (Wildman–Crippen MR) is 78.2 cm³/mol. The maximum Gasteiger partial charge on any atom is 0.0372 e. The lowest BCUT2D eigenvalue weighted by Gasteiger charge is -2.31. The van der Waals surface area contributed by atoms with E-state index in [-0.39, 0.29) is 0 Å². The summed E-state index contributed by atoms with van der Waals surface area (Å²) in [7, 11) is 4.05. The highest BCUT2D eigenvalue weighted by Crippen LogP contribution is 2.31. The zero-order chi connectivity index (χ0) is 12.8. The second kappa shape index (κ2) is 7.14. The Balaban J connectivity index is 3.00. The maximum absolute atomic E-state index is 3.65. The summed E-state index contributed by atoms with van der Waals surface area (Å²) in [4.78, 5) is 0. The Morgan fingerprint density at radius 2 is 1.82 bits per heavy atom. The molecule has 2 unspecified atom stereocenters. The summed E-state index contributed by atoms with van der Waals surface area (Å²) in [6.45, 7) is 5.58. The fraction of sp³-hybridized carbons (Fsp3) is 0.571. The summed E-state index contributed by atoms with van der Waals surface area (Å²) >= 11 is 3.65. The normalized spacial score (nSPS) is 14.9. The monoisotopic (exact) mass is 298 g/mol. The molecule has 0 radical (unpaired) electrons. The standard InChI is InChI=1S/C14H23BrN2/c1-10(2)12(9-16-3)14(17-4)11-7-5-6-8-13(11)15/h5-8,10,12,14,16-17H,9H2,1-4H3. The summed E-state index contributed by atoms with van der Waals surface area (Å²) in [5, 5.41) is 6.75. The Labute approximate surface area is 113 Å². The van der Waals surface area contributed by atoms with Gasteiger partial charge in [-0.15, -0.1) is 0 Å². The van der Waals surface area contributed by atoms with Crippen LogP contribution in [0.1, 0.15) is 25.5 Å². The smallest absolute Gasteiger partial charge is 0.0372 e. The number of benzene rings is 1. The van der Waals surface area contributed by atoms with E-state index in [4.69, 9.17) is 0 Å². The van der Waals surface area contributed by atoms with E-state index in [0.717, 1.165) is 6.54 Å². The van der Waals surface area contributed by atoms with Crippen LogP contribution in [0.5, 0.6) is 0 Å². The average Bonchev–Trinajstić information content (AvgIpc) is 2.31. The highest BCUT2D eigenvalue weighted by atomic mass is 79.9. The molecule has 1 aromatic carbocycles. The van der Waals surface area contributed by atoms with Crippen molar-refractivity contribution in [2.45, 2.75) is 19.9 Å². The molecular weight excluding hydrogens is 276 g/mol. The van der Waals surface area contributed by atoms with Gasteiger partial charge in [-0.2, -0.15) is 0 Å². The number of nitrogens with one attached hydrogen (secondary N) is 2. The van der Waals surface area contributed by atoms with Crippen LogP contribution in [0.4, 0.5) is 0 Å². The first-order valence-corrected chi connectivity index (χ1v) is 6.97. The van der Waals surface area contributed by atoms with Gasteiger partial charge in [-0.25, -0.2) is 0 Å². The van der Waals surface area contributed by atoms with Gasteiger partial charge < -0.3 is 10.6 Å². The van der Waals surface area contributed by atoms with Crippen LogP contribution in [-0.2, 0) is 0 Å². The van der Waals surface area contributed by atoms with Crippen molar-refractivity contribution in [3.05, 3.63) is 34.3 Å². The molecule has 2 nitrogen and oxygen atoms in total. The molecular formula is C14H23BrN2. The van der Waals surface area contributed by atoms with Gasteiger partial charge >= 0.3 is 0 Å². The van der Waals surface area contributed by atoms with Crippen molar-refractivity contribution in [2.75, 3.05) is 20.6 Å². The Hall–Kier alpha value is -0.380. The summed E-state index contributed by atoms with van der Waals surface area (Å²) in [5.41, 5.74) is 1.34. The van der Waals surface area contributed by atoms with Crippen molar-refractivity contribution in [3.63, 3.8) is 0 Å². The van der Waals surface area contributed by atoms with Crippen LogP contribution in [0.3, 0.4) is 0 Å². The average molecular weight is 299 g/mol. The van der Waals surface area contributed by atoms with E-state index in [1.165, 1.54) is 10.0 Å². The number of rotatable bonds is 6. The summed E-state index contributed by atoms with van der Waals surface area (Å²) in [5.74, 6) is 1.20. The fourth-order valence-electron chi connectivity index (χ4n) is 2.30. The fourth-order valence-corrected chi connectivity index (χ4v) is 2.83. The summed E-state index contributed by atoms with van der Waals surface area (Å²) in [6, 6.07) is 8.83. The van der Waals surface area contributed by atoms with Crippen LogP contribution in [0.15, 0.2) is 28.7 Å². The first kappa shape index (κ1) is 14.7. The minimum Gasteiger partial charge on any atom is -0.319 e. The van der Waals surface area contributed by atoms with Crippen LogP contribution in [0.25, 0.3) is 0 Å². The molecule has 0 heterocycles. The molecule has 96 valence electrons. The van der Waals surface area contributed by atoms with Gasteiger partial charge in [-0.3, -0.25) is 0 Å². The molecule has 0 aliphatic carbocycles. The van der Waals surface area contributed by atoms with Gasteiger partial charge in [-0.05, 0) is 44.1 Å². The minimum atomic E-state index is 0.373. The lowest BCUT2D eigenvalue weighted by molar-refractivity contribution is 0.284. The third-order valence-electron chi connectivity index (χ3n) is 3.28. The molecule has 0 fully saturated rings. The molecule has 0 amide bonds. The summed E-state index contributed by atoms with van der Waals surface area (Å²) in [6.07, 6.45) is 0. The van der Waals surface area contributed by atoms with E-state index in [1.54, 1.807) is 0 Å². The van der Waals surface area contributed by atoms with Crippen molar-refractivity contribution in [1.82, 2.24) is 10.6 Å². The third-order valence-corrected chi connectivity index (χ3v) is 4.00. The van der Waals surface area contributed by atoms with Crippen molar-refractivity contribution in [3.8, 4) is 0 Å². The van der Waals surface area contributed by atoms with E-state index in [9.17, 15) is 0 Å². The van der Waals surface area contributed by atoms with Crippen molar-refractivity contribution < 1.29 is 0 Å². The molecule has 0 aromatic heterocycles. The van der Waals surface area contributed by atoms with Crippen molar-refractivity contribution in [1.29, 1.82) is 0 Å². The molecule has 0 aliphatic rings. The van der Waals surface area contributed by atoms with E-state index >= 15 is 0 Å². The Bertz CT molecular complexity index is 339. The van der Waals surface area contributed by atoms with Gasteiger partial charge in [0.1, 0.15) is 0 Å². The number of halogens is 1. The van der Waals surface area contributed by atoms with Crippen molar-refractivity contribution in [2.24, 2.45) is 11.8 Å². The molecule has 2 atom stereocenters. The molecule has 3 heteroatoms. The van der Waals surface area contributed by atoms with Gasteiger partial charge in [0.15, 0.2) is 0 Å². The molecule has 17 heavy (non-hydrogen) atoms. The van der Waals surface area contributed by atoms with Crippen LogP contribution in [0, 0.1) is 11.8 Å².